The number of carbonyl (C=O) groups is 2. The average Bonchev–Trinajstić information content (AvgIpc) is 3.47. The number of nitrogens with one attached hydrogen (secondary N) is 1. The smallest absolute Gasteiger partial charge is 0.335 e. The maximum atomic E-state index is 13.4. The van der Waals surface area contributed by atoms with Crippen molar-refractivity contribution in [3.8, 4) is 17.0 Å². The molecule has 0 spiro atoms. The number of aromatic nitrogens is 2. The molecule has 0 aliphatic heterocycles. The fraction of sp³-hybridized carbons (Fsp3) is 0.216. The summed E-state index contributed by atoms with van der Waals surface area (Å²) in [5, 5.41) is 13.4. The Morgan fingerprint density at radius 2 is 1.63 bits per heavy atom. The molecule has 5 aromatic rings. The summed E-state index contributed by atoms with van der Waals surface area (Å²) in [5.41, 5.74) is 4.52. The van der Waals surface area contributed by atoms with Crippen LogP contribution in [0, 0.1) is 0 Å². The van der Waals surface area contributed by atoms with Gasteiger partial charge in [-0.05, 0) is 72.0 Å². The number of aromatic carboxylic acids is 1. The van der Waals surface area contributed by atoms with Gasteiger partial charge in [0.05, 0.1) is 28.7 Å². The highest BCUT2D eigenvalue weighted by atomic mass is 35.5. The van der Waals surface area contributed by atoms with Gasteiger partial charge in [0, 0.05) is 23.3 Å². The predicted octanol–water partition coefficient (Wildman–Crippen LogP) is 8.58. The lowest BCUT2D eigenvalue weighted by molar-refractivity contribution is -0.121. The largest absolute Gasteiger partial charge is 0.489 e. The van der Waals surface area contributed by atoms with Crippen LogP contribution in [0.15, 0.2) is 103 Å². The van der Waals surface area contributed by atoms with Crippen molar-refractivity contribution in [1.29, 1.82) is 0 Å². The third-order valence-corrected chi connectivity index (χ3v) is 8.14. The molecular weight excluding hydrogens is 621 g/mol. The Morgan fingerprint density at radius 1 is 0.913 bits per heavy atom. The summed E-state index contributed by atoms with van der Waals surface area (Å²) in [6.07, 6.45) is 4.71. The summed E-state index contributed by atoms with van der Waals surface area (Å²) < 4.78 is 8.06. The van der Waals surface area contributed by atoms with Crippen molar-refractivity contribution in [2.45, 2.75) is 51.8 Å². The van der Waals surface area contributed by atoms with Crippen LogP contribution in [0.5, 0.6) is 5.75 Å². The van der Waals surface area contributed by atoms with Gasteiger partial charge in [0.2, 0.25) is 5.91 Å². The second kappa shape index (κ2) is 15.6. The first kappa shape index (κ1) is 32.8. The molecule has 46 heavy (non-hydrogen) atoms. The number of rotatable bonds is 14. The number of nitrogens with zero attached hydrogens (tertiary/aromatic N) is 2. The van der Waals surface area contributed by atoms with E-state index in [0.717, 1.165) is 53.2 Å². The number of ether oxygens (including phenoxy) is 1. The van der Waals surface area contributed by atoms with Gasteiger partial charge in [0.25, 0.3) is 0 Å². The Bertz CT molecular complexity index is 1770. The van der Waals surface area contributed by atoms with Gasteiger partial charge in [-0.1, -0.05) is 91.1 Å². The molecule has 1 atom stereocenters. The number of carbonyl (C=O) groups excluding carboxylic acids is 1. The zero-order valence-electron chi connectivity index (χ0n) is 25.5. The first-order chi connectivity index (χ1) is 22.3. The van der Waals surface area contributed by atoms with Crippen LogP contribution in [-0.4, -0.2) is 26.5 Å². The summed E-state index contributed by atoms with van der Waals surface area (Å²) in [7, 11) is 0. The molecule has 9 heteroatoms. The third kappa shape index (κ3) is 8.77. The molecule has 0 aliphatic carbocycles. The van der Waals surface area contributed by atoms with E-state index in [1.807, 2.05) is 66.9 Å². The van der Waals surface area contributed by atoms with Crippen molar-refractivity contribution in [3.05, 3.63) is 141 Å². The van der Waals surface area contributed by atoms with Gasteiger partial charge in [0.15, 0.2) is 0 Å². The standard InChI is InChI=1S/C37H35Cl2N3O4/c1-2-3-19-42-23-34(31-18-15-29(38)22-32(31)39)41-36(42)33(40-35(43)21-25-7-5-4-6-8-25)20-26-11-16-30(17-12-26)46-24-27-9-13-28(14-10-27)37(44)45/h4-18,22-23,33H,2-3,19-21,24H2,1H3,(H,40,43)(H,44,45). The highest BCUT2D eigenvalue weighted by Gasteiger charge is 2.23. The van der Waals surface area contributed by atoms with Gasteiger partial charge in [-0.3, -0.25) is 4.79 Å². The number of unbranched alkanes of at least 4 members (excludes halogenated alkanes) is 1. The van der Waals surface area contributed by atoms with Crippen molar-refractivity contribution in [1.82, 2.24) is 14.9 Å². The molecular formula is C37H35Cl2N3O4. The predicted molar refractivity (Wildman–Crippen MR) is 181 cm³/mol. The number of carboxylic acids is 1. The summed E-state index contributed by atoms with van der Waals surface area (Å²) in [5.74, 6) is 0.373. The highest BCUT2D eigenvalue weighted by molar-refractivity contribution is 6.36. The average molecular weight is 657 g/mol. The van der Waals surface area contributed by atoms with Crippen molar-refractivity contribution in [2.24, 2.45) is 0 Å². The normalized spacial score (nSPS) is 11.6. The van der Waals surface area contributed by atoms with E-state index in [-0.39, 0.29) is 17.9 Å². The summed E-state index contributed by atoms with van der Waals surface area (Å²) in [6.45, 7) is 3.19. The molecule has 0 saturated carbocycles. The van der Waals surface area contributed by atoms with Gasteiger partial charge in [-0.25, -0.2) is 9.78 Å². The van der Waals surface area contributed by atoms with E-state index in [0.29, 0.717) is 28.8 Å². The van der Waals surface area contributed by atoms with Crippen LogP contribution in [0.25, 0.3) is 11.3 Å². The van der Waals surface area contributed by atoms with Gasteiger partial charge < -0.3 is 19.7 Å². The monoisotopic (exact) mass is 655 g/mol. The van der Waals surface area contributed by atoms with Gasteiger partial charge in [-0.2, -0.15) is 0 Å². The van der Waals surface area contributed by atoms with Crippen molar-refractivity contribution >= 4 is 35.1 Å². The van der Waals surface area contributed by atoms with E-state index < -0.39 is 12.0 Å². The minimum atomic E-state index is -0.963. The molecule has 0 fully saturated rings. The van der Waals surface area contributed by atoms with E-state index in [1.54, 1.807) is 36.4 Å². The number of halogens is 2. The highest BCUT2D eigenvalue weighted by Crippen LogP contribution is 2.32. The Morgan fingerprint density at radius 3 is 2.30 bits per heavy atom. The maximum Gasteiger partial charge on any atom is 0.335 e. The molecule has 1 aromatic heterocycles. The summed E-state index contributed by atoms with van der Waals surface area (Å²) in [6, 6.07) is 29.0. The van der Waals surface area contributed by atoms with E-state index in [9.17, 15) is 9.59 Å². The molecule has 1 unspecified atom stereocenters. The lowest BCUT2D eigenvalue weighted by Crippen LogP contribution is -2.33. The Kier molecular flexibility index (Phi) is 11.1. The Balaban J connectivity index is 1.39. The number of benzene rings is 4. The number of carboxylic acid groups (broad SMARTS) is 1. The molecule has 4 aromatic carbocycles. The van der Waals surface area contributed by atoms with Crippen LogP contribution in [-0.2, 0) is 30.8 Å². The van der Waals surface area contributed by atoms with Gasteiger partial charge >= 0.3 is 5.97 Å². The van der Waals surface area contributed by atoms with E-state index in [2.05, 4.69) is 16.8 Å². The SMILES string of the molecule is CCCCn1cc(-c2ccc(Cl)cc2Cl)nc1C(Cc1ccc(OCc2ccc(C(=O)O)cc2)cc1)NC(=O)Cc1ccccc1. The molecule has 7 nitrogen and oxygen atoms in total. The van der Waals surface area contributed by atoms with E-state index in [4.69, 9.17) is 38.0 Å². The first-order valence-electron chi connectivity index (χ1n) is 15.2. The molecule has 0 aliphatic rings. The Labute approximate surface area is 278 Å². The molecule has 1 amide bonds. The molecule has 2 N–H and O–H groups in total. The van der Waals surface area contributed by atoms with Crippen molar-refractivity contribution in [2.75, 3.05) is 0 Å². The molecule has 0 radical (unpaired) electrons. The molecule has 1 heterocycles. The number of hydrogen-bond donors (Lipinski definition) is 2. The fourth-order valence-corrected chi connectivity index (χ4v) is 5.65. The number of amides is 1. The maximum absolute atomic E-state index is 13.4. The van der Waals surface area contributed by atoms with Gasteiger partial charge in [-0.15, -0.1) is 0 Å². The van der Waals surface area contributed by atoms with Crippen molar-refractivity contribution in [3.63, 3.8) is 0 Å². The number of aryl methyl sites for hydroxylation is 1. The number of imidazole rings is 1. The van der Waals surface area contributed by atoms with Crippen molar-refractivity contribution < 1.29 is 19.4 Å². The Hall–Kier alpha value is -4.59. The quantitative estimate of drug-likeness (QED) is 0.125. The van der Waals surface area contributed by atoms with Crippen LogP contribution < -0.4 is 10.1 Å². The second-order valence-electron chi connectivity index (χ2n) is 11.1. The minimum Gasteiger partial charge on any atom is -0.489 e. The zero-order chi connectivity index (χ0) is 32.5. The second-order valence-corrected chi connectivity index (χ2v) is 11.9. The third-order valence-electron chi connectivity index (χ3n) is 7.59. The van der Waals surface area contributed by atoms with Crippen LogP contribution in [0.1, 0.15) is 58.7 Å². The van der Waals surface area contributed by atoms with E-state index >= 15 is 0 Å². The first-order valence-corrected chi connectivity index (χ1v) is 15.9. The molecule has 0 saturated heterocycles. The summed E-state index contributed by atoms with van der Waals surface area (Å²) >= 11 is 12.7. The number of hydrogen-bond acceptors (Lipinski definition) is 4. The zero-order valence-corrected chi connectivity index (χ0v) is 27.0. The fourth-order valence-electron chi connectivity index (χ4n) is 5.14. The van der Waals surface area contributed by atoms with E-state index in [1.165, 1.54) is 0 Å². The van der Waals surface area contributed by atoms with Crippen LogP contribution in [0.4, 0.5) is 0 Å². The molecule has 5 rings (SSSR count). The lowest BCUT2D eigenvalue weighted by atomic mass is 10.0. The molecule has 0 bridgehead atoms. The summed E-state index contributed by atoms with van der Waals surface area (Å²) in [4.78, 5) is 29.5. The minimum absolute atomic E-state index is 0.0961. The topological polar surface area (TPSA) is 93.5 Å². The lowest BCUT2D eigenvalue weighted by Gasteiger charge is -2.20. The van der Waals surface area contributed by atoms with Crippen LogP contribution in [0.3, 0.4) is 0 Å². The van der Waals surface area contributed by atoms with Crippen LogP contribution >= 0.6 is 23.2 Å². The molecule has 236 valence electrons. The van der Waals surface area contributed by atoms with Crippen LogP contribution in [0.2, 0.25) is 10.0 Å². The van der Waals surface area contributed by atoms with Gasteiger partial charge in [0.1, 0.15) is 18.2 Å².